The van der Waals surface area contributed by atoms with Crippen LogP contribution in [0.15, 0.2) is 0 Å². The van der Waals surface area contributed by atoms with Gasteiger partial charge in [-0.2, -0.15) is 0 Å². The molecule has 0 aliphatic rings. The predicted molar refractivity (Wildman–Crippen MR) is 78.5 cm³/mol. The fourth-order valence-corrected chi connectivity index (χ4v) is 0. The van der Waals surface area contributed by atoms with Crippen molar-refractivity contribution < 1.29 is 93.1 Å². The first-order valence-electron chi connectivity index (χ1n) is 0. The van der Waals surface area contributed by atoms with Gasteiger partial charge in [0.2, 0.25) is 0 Å². The van der Waals surface area contributed by atoms with Crippen molar-refractivity contribution in [3.8, 4) is 0 Å². The molecule has 19 heteroatoms. The van der Waals surface area contributed by atoms with Crippen molar-refractivity contribution in [2.45, 2.75) is 0 Å². The predicted octanol–water partition coefficient (Wildman–Crippen LogP) is -15.9. The minimum Gasteiger partial charge on any atom is 0.316 e. The fraction of sp³-hybridized carbons (Fsp3) is 0. The molecule has 0 saturated carbocycles. The van der Waals surface area contributed by atoms with Crippen LogP contribution in [0.25, 0.3) is 0 Å². The molecule has 0 atom stereocenters. The van der Waals surface area contributed by atoms with Gasteiger partial charge in [0.15, 0.2) is 0 Å². The zero-order valence-electron chi connectivity index (χ0n) is 8.50. The van der Waals surface area contributed by atoms with Gasteiger partial charge >= 0.3 is 71.9 Å². The minimum absolute atomic E-state index is 0. The van der Waals surface area contributed by atoms with Crippen LogP contribution in [0.3, 0.4) is 0 Å². The van der Waals surface area contributed by atoms with Gasteiger partial charge in [0.25, 0.3) is 0 Å². The topological polar surface area (TPSA) is 536 Å². The zero-order chi connectivity index (χ0) is 0. The van der Waals surface area contributed by atoms with E-state index in [0.717, 1.165) is 0 Å². The van der Waals surface area contributed by atoms with E-state index in [0.29, 0.717) is 0 Å². The molecule has 0 aromatic carbocycles. The van der Waals surface area contributed by atoms with Crippen molar-refractivity contribution in [1.29, 1.82) is 0 Å². The van der Waals surface area contributed by atoms with Crippen LogP contribution in [0, 0.1) is 0 Å². The summed E-state index contributed by atoms with van der Waals surface area (Å²) in [5.41, 5.74) is 0. The van der Waals surface area contributed by atoms with Crippen LogP contribution in [0.5, 0.6) is 0 Å². The Morgan fingerprint density at radius 2 is 0.158 bits per heavy atom. The number of rotatable bonds is 0. The van der Waals surface area contributed by atoms with Crippen molar-refractivity contribution in [3.05, 3.63) is 0 Å². The van der Waals surface area contributed by atoms with E-state index < -0.39 is 0 Å². The van der Waals surface area contributed by atoms with Gasteiger partial charge in [-0.25, -0.2) is 0 Å². The Labute approximate surface area is 163 Å². The first kappa shape index (κ1) is 2910. The standard InChI is InChI=1S/Ba.Mg.17H2O.4H/h;;17*1H2;;;;. The van der Waals surface area contributed by atoms with Crippen LogP contribution >= 0.6 is 0 Å². The number of hydrogen-bond donors (Lipinski definition) is 0. The Balaban J connectivity index is 0. The van der Waals surface area contributed by atoms with Gasteiger partial charge in [0.05, 0.1) is 0 Å². The molecule has 34 N–H and O–H groups in total. The molecule has 0 bridgehead atoms. The summed E-state index contributed by atoms with van der Waals surface area (Å²) in [7, 11) is 0. The summed E-state index contributed by atoms with van der Waals surface area (Å²) in [6.45, 7) is 0. The molecule has 0 rings (SSSR count). The monoisotopic (exact) mass is 472 g/mol. The summed E-state index contributed by atoms with van der Waals surface area (Å²) in [6.07, 6.45) is 0. The third-order valence-electron chi connectivity index (χ3n) is 0. The Morgan fingerprint density at radius 3 is 0.158 bits per heavy atom. The Hall–Kier alpha value is 1.66. The molecule has 0 radical (unpaired) electrons. The van der Waals surface area contributed by atoms with Crippen LogP contribution in [-0.4, -0.2) is 165 Å². The van der Waals surface area contributed by atoms with E-state index in [4.69, 9.17) is 0 Å². The maximum absolute atomic E-state index is 0. The van der Waals surface area contributed by atoms with Crippen LogP contribution in [0.2, 0.25) is 0 Å². The molecular weight excluding hydrogens is 434 g/mol. The largest absolute Gasteiger partial charge is 0.316 e. The molecule has 0 spiro atoms. The van der Waals surface area contributed by atoms with Crippen LogP contribution < -0.4 is 0 Å². The second-order valence-electron chi connectivity index (χ2n) is 0. The van der Waals surface area contributed by atoms with Gasteiger partial charge in [0.1, 0.15) is 0 Å². The molecule has 19 heavy (non-hydrogen) atoms. The molecule has 0 aromatic rings. The van der Waals surface area contributed by atoms with E-state index in [9.17, 15) is 0 Å². The van der Waals surface area contributed by atoms with E-state index in [-0.39, 0.29) is 165 Å². The first-order chi connectivity index (χ1) is 0. The Bertz CT molecular complexity index is 11.2. The van der Waals surface area contributed by atoms with Crippen molar-refractivity contribution >= 4 is 71.9 Å². The van der Waals surface area contributed by atoms with Crippen molar-refractivity contribution in [2.75, 3.05) is 0 Å². The molecular formula is H38BaMgO17. The molecule has 0 aliphatic carbocycles. The van der Waals surface area contributed by atoms with Crippen LogP contribution in [0.1, 0.15) is 0 Å². The Kier molecular flexibility index (Phi) is 381000. The Morgan fingerprint density at radius 1 is 0.158 bits per heavy atom. The minimum atomic E-state index is 0. The molecule has 144 valence electrons. The fourth-order valence-electron chi connectivity index (χ4n) is 0. The quantitative estimate of drug-likeness (QED) is 0.296. The second kappa shape index (κ2) is 2490. The number of hydrogen-bond acceptors (Lipinski definition) is 0. The third kappa shape index (κ3) is 2230. The molecule has 0 aliphatic heterocycles. The van der Waals surface area contributed by atoms with E-state index in [1.54, 1.807) is 0 Å². The van der Waals surface area contributed by atoms with Gasteiger partial charge < -0.3 is 93.1 Å². The second-order valence-corrected chi connectivity index (χ2v) is 0. The van der Waals surface area contributed by atoms with E-state index in [1.807, 2.05) is 0 Å². The summed E-state index contributed by atoms with van der Waals surface area (Å²) in [4.78, 5) is 0. The maximum atomic E-state index is 0. The van der Waals surface area contributed by atoms with Gasteiger partial charge in [-0.15, -0.1) is 0 Å². The average molecular weight is 472 g/mol. The zero-order valence-corrected chi connectivity index (χ0v) is 8.50. The molecule has 17 nitrogen and oxygen atoms in total. The summed E-state index contributed by atoms with van der Waals surface area (Å²) in [5.74, 6) is 0. The molecule has 0 amide bonds. The van der Waals surface area contributed by atoms with Crippen LogP contribution in [-0.2, 0) is 0 Å². The van der Waals surface area contributed by atoms with Gasteiger partial charge in [0, 0.05) is 0 Å². The smallest absolute Gasteiger partial charge is 0.316 e. The van der Waals surface area contributed by atoms with Crippen molar-refractivity contribution in [1.82, 2.24) is 0 Å². The van der Waals surface area contributed by atoms with Gasteiger partial charge in [-0.1, -0.05) is 0 Å². The van der Waals surface area contributed by atoms with Gasteiger partial charge in [-0.3, -0.25) is 0 Å². The summed E-state index contributed by atoms with van der Waals surface area (Å²) >= 11 is 0. The molecule has 0 aromatic heterocycles. The maximum Gasteiger partial charge on any atom is 0.316 e. The summed E-state index contributed by atoms with van der Waals surface area (Å²) in [6, 6.07) is 0. The van der Waals surface area contributed by atoms with E-state index >= 15 is 0 Å². The summed E-state index contributed by atoms with van der Waals surface area (Å²) in [5, 5.41) is 0. The normalized spacial score (nSPS) is 0. The third-order valence-corrected chi connectivity index (χ3v) is 0. The molecule has 0 heterocycles. The summed E-state index contributed by atoms with van der Waals surface area (Å²) < 4.78 is 0. The van der Waals surface area contributed by atoms with Crippen LogP contribution in [0.4, 0.5) is 0 Å². The average Bonchev–Trinajstić information content (AvgIpc) is 0. The van der Waals surface area contributed by atoms with Gasteiger partial charge in [-0.05, 0) is 0 Å². The SMILES string of the molecule is O.O.O.O.O.O.O.O.O.O.O.O.O.O.O.O.O.[BaH2].[MgH2]. The van der Waals surface area contributed by atoms with E-state index in [2.05, 4.69) is 0 Å². The molecule has 0 unspecified atom stereocenters. The van der Waals surface area contributed by atoms with Crippen molar-refractivity contribution in [3.63, 3.8) is 0 Å². The van der Waals surface area contributed by atoms with E-state index in [1.165, 1.54) is 0 Å². The van der Waals surface area contributed by atoms with Crippen molar-refractivity contribution in [2.24, 2.45) is 0 Å². The molecule has 0 fully saturated rings. The molecule has 0 saturated heterocycles. The first-order valence-corrected chi connectivity index (χ1v) is 0.